The van der Waals surface area contributed by atoms with Gasteiger partial charge in [0, 0.05) is 23.3 Å². The van der Waals surface area contributed by atoms with Gasteiger partial charge in [-0.3, -0.25) is 9.59 Å². The summed E-state index contributed by atoms with van der Waals surface area (Å²) < 4.78 is 0. The van der Waals surface area contributed by atoms with Crippen LogP contribution in [-0.2, 0) is 4.79 Å². The molecule has 1 fully saturated rings. The van der Waals surface area contributed by atoms with Crippen LogP contribution in [0.15, 0.2) is 30.3 Å². The van der Waals surface area contributed by atoms with Crippen LogP contribution in [0.4, 0.5) is 0 Å². The van der Waals surface area contributed by atoms with Gasteiger partial charge in [0.25, 0.3) is 0 Å². The molecule has 2 nitrogen and oxygen atoms in total. The Kier molecular flexibility index (Phi) is 5.94. The summed E-state index contributed by atoms with van der Waals surface area (Å²) in [6.07, 6.45) is 2.30. The van der Waals surface area contributed by atoms with Crippen molar-refractivity contribution in [2.24, 2.45) is 17.8 Å². The van der Waals surface area contributed by atoms with Gasteiger partial charge in [-0.25, -0.2) is 0 Å². The fourth-order valence-corrected chi connectivity index (χ4v) is 1.78. The third-order valence-corrected chi connectivity index (χ3v) is 3.13. The molecular formula is C17H24O2. The van der Waals surface area contributed by atoms with Crippen molar-refractivity contribution in [3.8, 4) is 0 Å². The first-order chi connectivity index (χ1) is 8.93. The van der Waals surface area contributed by atoms with E-state index >= 15 is 0 Å². The van der Waals surface area contributed by atoms with Crippen molar-refractivity contribution < 1.29 is 9.59 Å². The van der Waals surface area contributed by atoms with Crippen LogP contribution in [0.5, 0.6) is 0 Å². The molecule has 0 radical (unpaired) electrons. The monoisotopic (exact) mass is 260 g/mol. The maximum Gasteiger partial charge on any atom is 0.165 e. The van der Waals surface area contributed by atoms with Gasteiger partial charge in [0.15, 0.2) is 5.78 Å². The van der Waals surface area contributed by atoms with Gasteiger partial charge in [-0.05, 0) is 12.8 Å². The summed E-state index contributed by atoms with van der Waals surface area (Å²) in [4.78, 5) is 22.2. The summed E-state index contributed by atoms with van der Waals surface area (Å²) in [7, 11) is 0. The van der Waals surface area contributed by atoms with E-state index < -0.39 is 0 Å². The van der Waals surface area contributed by atoms with Gasteiger partial charge in [-0.15, -0.1) is 0 Å². The Bertz CT molecular complexity index is 410. The number of ketones is 2. The van der Waals surface area contributed by atoms with E-state index in [1.165, 1.54) is 0 Å². The minimum atomic E-state index is 0.0948. The summed E-state index contributed by atoms with van der Waals surface area (Å²) in [6.45, 7) is 7.77. The third kappa shape index (κ3) is 5.37. The van der Waals surface area contributed by atoms with Crippen molar-refractivity contribution in [2.75, 3.05) is 0 Å². The smallest absolute Gasteiger partial charge is 0.165 e. The molecule has 2 heteroatoms. The summed E-state index contributed by atoms with van der Waals surface area (Å²) in [5.41, 5.74) is 0.808. The van der Waals surface area contributed by atoms with Crippen LogP contribution < -0.4 is 0 Å². The zero-order chi connectivity index (χ0) is 14.4. The van der Waals surface area contributed by atoms with Gasteiger partial charge in [0.2, 0.25) is 0 Å². The molecule has 0 heterocycles. The number of benzene rings is 1. The lowest BCUT2D eigenvalue weighted by atomic mass is 10.0. The third-order valence-electron chi connectivity index (χ3n) is 3.13. The summed E-state index contributed by atoms with van der Waals surface area (Å²) >= 11 is 0. The maximum absolute atomic E-state index is 11.3. The summed E-state index contributed by atoms with van der Waals surface area (Å²) in [6, 6.07) is 9.38. The number of carbonyl (C=O) groups is 2. The Labute approximate surface area is 116 Å². The molecule has 0 aromatic heterocycles. The van der Waals surface area contributed by atoms with E-state index in [0.29, 0.717) is 11.7 Å². The molecule has 1 aromatic rings. The highest BCUT2D eigenvalue weighted by molar-refractivity contribution is 5.97. The number of hydrogen-bond donors (Lipinski definition) is 0. The van der Waals surface area contributed by atoms with Crippen LogP contribution in [0, 0.1) is 17.8 Å². The summed E-state index contributed by atoms with van der Waals surface area (Å²) in [5.74, 6) is 1.49. The van der Waals surface area contributed by atoms with Crippen LogP contribution in [0.1, 0.15) is 50.9 Å². The van der Waals surface area contributed by atoms with E-state index in [-0.39, 0.29) is 17.6 Å². The molecule has 19 heavy (non-hydrogen) atoms. The minimum Gasteiger partial charge on any atom is -0.299 e. The van der Waals surface area contributed by atoms with Crippen molar-refractivity contribution in [3.63, 3.8) is 0 Å². The number of rotatable bonds is 4. The zero-order valence-electron chi connectivity index (χ0n) is 12.3. The van der Waals surface area contributed by atoms with Crippen LogP contribution in [-0.4, -0.2) is 11.6 Å². The predicted octanol–water partition coefficient (Wildman–Crippen LogP) is 4.15. The van der Waals surface area contributed by atoms with Crippen LogP contribution in [0.25, 0.3) is 0 Å². The number of carbonyl (C=O) groups excluding carboxylic acids is 2. The zero-order valence-corrected chi connectivity index (χ0v) is 12.3. The molecule has 1 aliphatic rings. The molecule has 0 amide bonds. The minimum absolute atomic E-state index is 0.0948. The maximum atomic E-state index is 11.3. The van der Waals surface area contributed by atoms with Crippen molar-refractivity contribution in [3.05, 3.63) is 35.9 Å². The molecule has 1 aromatic carbocycles. The predicted molar refractivity (Wildman–Crippen MR) is 78.2 cm³/mol. The Hall–Kier alpha value is -1.44. The van der Waals surface area contributed by atoms with E-state index in [1.807, 2.05) is 58.0 Å². The molecule has 0 N–H and O–H groups in total. The second-order valence-electron chi connectivity index (χ2n) is 5.72. The second-order valence-corrected chi connectivity index (χ2v) is 5.72. The average molecular weight is 260 g/mol. The summed E-state index contributed by atoms with van der Waals surface area (Å²) in [5, 5.41) is 0. The second kappa shape index (κ2) is 7.22. The highest BCUT2D eigenvalue weighted by Crippen LogP contribution is 2.31. The van der Waals surface area contributed by atoms with Crippen LogP contribution in [0.3, 0.4) is 0 Å². The Balaban J connectivity index is 0.000000200. The van der Waals surface area contributed by atoms with Gasteiger partial charge in [-0.2, -0.15) is 0 Å². The molecule has 0 unspecified atom stereocenters. The Morgan fingerprint density at radius 1 is 0.947 bits per heavy atom. The number of Topliss-reactive ketones (excluding diaryl/α,β-unsaturated/α-hetero) is 2. The quantitative estimate of drug-likeness (QED) is 0.762. The molecule has 1 saturated carbocycles. The Morgan fingerprint density at radius 3 is 1.79 bits per heavy atom. The van der Waals surface area contributed by atoms with E-state index in [4.69, 9.17) is 0 Å². The molecule has 0 saturated heterocycles. The van der Waals surface area contributed by atoms with Gasteiger partial charge in [0.05, 0.1) is 0 Å². The lowest BCUT2D eigenvalue weighted by Crippen LogP contribution is -2.08. The normalized spacial score (nSPS) is 14.0. The largest absolute Gasteiger partial charge is 0.299 e. The standard InChI is InChI=1S/C10H12O.C7H12O/c1-8(2)10(11)9-6-4-3-5-7-9;1-5(2)7(8)6-3-4-6/h3-8H,1-2H3;5-6H,3-4H2,1-2H3. The van der Waals surface area contributed by atoms with Crippen LogP contribution in [0.2, 0.25) is 0 Å². The van der Waals surface area contributed by atoms with E-state index in [0.717, 1.165) is 18.4 Å². The van der Waals surface area contributed by atoms with Gasteiger partial charge < -0.3 is 0 Å². The van der Waals surface area contributed by atoms with E-state index in [2.05, 4.69) is 0 Å². The molecule has 0 bridgehead atoms. The van der Waals surface area contributed by atoms with Crippen molar-refractivity contribution in [1.82, 2.24) is 0 Å². The highest BCUT2D eigenvalue weighted by atomic mass is 16.1. The van der Waals surface area contributed by atoms with Crippen molar-refractivity contribution in [2.45, 2.75) is 40.5 Å². The van der Waals surface area contributed by atoms with Crippen molar-refractivity contribution >= 4 is 11.6 Å². The SMILES string of the molecule is CC(C)C(=O)C1CC1.CC(C)C(=O)c1ccccc1. The first-order valence-corrected chi connectivity index (χ1v) is 7.06. The molecule has 0 aliphatic heterocycles. The topological polar surface area (TPSA) is 34.1 Å². The first kappa shape index (κ1) is 15.6. The fourth-order valence-electron chi connectivity index (χ4n) is 1.78. The highest BCUT2D eigenvalue weighted by Gasteiger charge is 2.30. The first-order valence-electron chi connectivity index (χ1n) is 7.06. The van der Waals surface area contributed by atoms with E-state index in [1.54, 1.807) is 0 Å². The average Bonchev–Trinajstić information content (AvgIpc) is 3.23. The van der Waals surface area contributed by atoms with Gasteiger partial charge in [0.1, 0.15) is 5.78 Å². The lowest BCUT2D eigenvalue weighted by molar-refractivity contribution is -0.123. The molecule has 1 aliphatic carbocycles. The van der Waals surface area contributed by atoms with Crippen molar-refractivity contribution in [1.29, 1.82) is 0 Å². The number of hydrogen-bond acceptors (Lipinski definition) is 2. The molecular weight excluding hydrogens is 236 g/mol. The van der Waals surface area contributed by atoms with Gasteiger partial charge in [-0.1, -0.05) is 58.0 Å². The molecule has 0 atom stereocenters. The fraction of sp³-hybridized carbons (Fsp3) is 0.529. The molecule has 0 spiro atoms. The lowest BCUT2D eigenvalue weighted by Gasteiger charge is -2.01. The molecule has 104 valence electrons. The Morgan fingerprint density at radius 2 is 1.47 bits per heavy atom. The van der Waals surface area contributed by atoms with Crippen LogP contribution >= 0.6 is 0 Å². The molecule has 2 rings (SSSR count). The van der Waals surface area contributed by atoms with Gasteiger partial charge >= 0.3 is 0 Å². The van der Waals surface area contributed by atoms with E-state index in [9.17, 15) is 9.59 Å².